The summed E-state index contributed by atoms with van der Waals surface area (Å²) in [5.74, 6) is -0.249. The van der Waals surface area contributed by atoms with Crippen molar-refractivity contribution in [1.29, 1.82) is 0 Å². The van der Waals surface area contributed by atoms with Crippen LogP contribution in [0.3, 0.4) is 0 Å². The van der Waals surface area contributed by atoms with Crippen LogP contribution in [0.2, 0.25) is 0 Å². The van der Waals surface area contributed by atoms with Gasteiger partial charge in [0.05, 0.1) is 7.11 Å². The molecule has 2 rings (SSSR count). The first-order valence-corrected chi connectivity index (χ1v) is 6.99. The van der Waals surface area contributed by atoms with Crippen molar-refractivity contribution in [3.8, 4) is 11.5 Å². The second-order valence-corrected chi connectivity index (χ2v) is 5.34. The molecule has 21 heavy (non-hydrogen) atoms. The van der Waals surface area contributed by atoms with Crippen LogP contribution in [0, 0.1) is 0 Å². The average Bonchev–Trinajstić information content (AvgIpc) is 2.44. The number of nitrogens with one attached hydrogen (secondary N) is 1. The molecule has 1 unspecified atom stereocenters. The molecule has 0 bridgehead atoms. The van der Waals surface area contributed by atoms with Gasteiger partial charge in [-0.05, 0) is 35.9 Å². The Morgan fingerprint density at radius 1 is 1.33 bits per heavy atom. The maximum absolute atomic E-state index is 11.7. The van der Waals surface area contributed by atoms with Gasteiger partial charge in [0.1, 0.15) is 6.04 Å². The van der Waals surface area contributed by atoms with Gasteiger partial charge in [0.25, 0.3) is 0 Å². The Morgan fingerprint density at radius 3 is 2.67 bits per heavy atom. The summed E-state index contributed by atoms with van der Waals surface area (Å²) in [5, 5.41) is 12.9. The van der Waals surface area contributed by atoms with Crippen LogP contribution in [0.15, 0.2) is 46.9 Å². The first kappa shape index (κ1) is 15.2. The van der Waals surface area contributed by atoms with Gasteiger partial charge in [-0.2, -0.15) is 0 Å². The number of phenols is 1. The molecule has 5 nitrogen and oxygen atoms in total. The van der Waals surface area contributed by atoms with E-state index in [1.807, 2.05) is 24.3 Å². The number of carbonyl (C=O) groups is 1. The third-order valence-electron chi connectivity index (χ3n) is 2.96. The summed E-state index contributed by atoms with van der Waals surface area (Å²) in [5.41, 5.74) is 6.74. The van der Waals surface area contributed by atoms with Crippen molar-refractivity contribution < 1.29 is 14.6 Å². The van der Waals surface area contributed by atoms with Crippen LogP contribution in [-0.2, 0) is 4.79 Å². The fourth-order valence-electron chi connectivity index (χ4n) is 1.95. The predicted octanol–water partition coefficient (Wildman–Crippen LogP) is 2.80. The molecule has 0 fully saturated rings. The normalized spacial score (nSPS) is 11.7. The maximum atomic E-state index is 11.7. The Labute approximate surface area is 130 Å². The summed E-state index contributed by atoms with van der Waals surface area (Å²) in [6, 6.07) is 11.3. The summed E-state index contributed by atoms with van der Waals surface area (Å²) < 4.78 is 5.86. The van der Waals surface area contributed by atoms with Crippen LogP contribution in [0.4, 0.5) is 5.69 Å². The number of amides is 1. The van der Waals surface area contributed by atoms with Gasteiger partial charge in [0, 0.05) is 10.2 Å². The molecular formula is C15H15BrN2O3. The van der Waals surface area contributed by atoms with Gasteiger partial charge in [0.2, 0.25) is 5.91 Å². The zero-order valence-electron chi connectivity index (χ0n) is 11.3. The topological polar surface area (TPSA) is 84.6 Å². The molecule has 1 amide bonds. The number of carbonyl (C=O) groups excluding carboxylic acids is 1. The van der Waals surface area contributed by atoms with E-state index in [0.717, 1.165) is 10.2 Å². The van der Waals surface area contributed by atoms with E-state index in [2.05, 4.69) is 21.2 Å². The van der Waals surface area contributed by atoms with Crippen LogP contribution >= 0.6 is 15.9 Å². The van der Waals surface area contributed by atoms with Crippen LogP contribution in [0.25, 0.3) is 0 Å². The molecule has 4 N–H and O–H groups in total. The van der Waals surface area contributed by atoms with Crippen molar-refractivity contribution in [1.82, 2.24) is 0 Å². The molecule has 0 saturated heterocycles. The number of phenolic OH excluding ortho intramolecular Hbond substituents is 1. The number of hydrogen-bond donors (Lipinski definition) is 3. The molecule has 0 spiro atoms. The van der Waals surface area contributed by atoms with E-state index in [1.165, 1.54) is 13.2 Å². The summed E-state index contributed by atoms with van der Waals surface area (Å²) >= 11 is 3.36. The molecule has 110 valence electrons. The monoisotopic (exact) mass is 350 g/mol. The smallest absolute Gasteiger partial charge is 0.244 e. The molecule has 0 aliphatic heterocycles. The highest BCUT2D eigenvalue weighted by molar-refractivity contribution is 9.10. The van der Waals surface area contributed by atoms with Crippen molar-refractivity contribution in [2.75, 3.05) is 12.4 Å². The van der Waals surface area contributed by atoms with Crippen molar-refractivity contribution in [3.63, 3.8) is 0 Å². The lowest BCUT2D eigenvalue weighted by Crippen LogP contribution is -2.27. The van der Waals surface area contributed by atoms with E-state index in [9.17, 15) is 9.90 Å². The zero-order valence-corrected chi connectivity index (χ0v) is 12.9. The average molecular weight is 351 g/mol. The largest absolute Gasteiger partial charge is 0.504 e. The second kappa shape index (κ2) is 6.49. The molecule has 2 aromatic carbocycles. The number of aromatic hydroxyl groups is 1. The van der Waals surface area contributed by atoms with Gasteiger partial charge in [-0.15, -0.1) is 0 Å². The molecule has 0 aromatic heterocycles. The first-order chi connectivity index (χ1) is 10.0. The Balaban J connectivity index is 2.31. The number of halogens is 1. The highest BCUT2D eigenvalue weighted by atomic mass is 79.9. The zero-order chi connectivity index (χ0) is 15.4. The van der Waals surface area contributed by atoms with E-state index in [1.54, 1.807) is 12.1 Å². The Kier molecular flexibility index (Phi) is 4.70. The van der Waals surface area contributed by atoms with Crippen LogP contribution in [0.1, 0.15) is 11.6 Å². The molecule has 0 heterocycles. The number of ether oxygens (including phenoxy) is 1. The van der Waals surface area contributed by atoms with Crippen LogP contribution in [0.5, 0.6) is 11.5 Å². The van der Waals surface area contributed by atoms with Crippen molar-refractivity contribution in [3.05, 3.63) is 52.5 Å². The van der Waals surface area contributed by atoms with Crippen LogP contribution in [-0.4, -0.2) is 18.1 Å². The van der Waals surface area contributed by atoms with Gasteiger partial charge in [-0.25, -0.2) is 0 Å². The first-order valence-electron chi connectivity index (χ1n) is 6.19. The number of benzene rings is 2. The number of methoxy groups -OCH3 is 1. The standard InChI is InChI=1S/C15H15BrN2O3/c1-21-13-6-5-9(7-12(13)19)14(15(17)20)18-11-4-2-3-10(16)8-11/h2-8,14,18-19H,1H3,(H2,17,20). The summed E-state index contributed by atoms with van der Waals surface area (Å²) in [6.45, 7) is 0. The molecule has 2 aromatic rings. The third kappa shape index (κ3) is 3.66. The molecular weight excluding hydrogens is 336 g/mol. The summed E-state index contributed by atoms with van der Waals surface area (Å²) in [4.78, 5) is 11.7. The fraction of sp³-hybridized carbons (Fsp3) is 0.133. The number of anilines is 1. The fourth-order valence-corrected chi connectivity index (χ4v) is 2.35. The quantitative estimate of drug-likeness (QED) is 0.773. The van der Waals surface area contributed by atoms with E-state index < -0.39 is 11.9 Å². The molecule has 0 aliphatic rings. The molecule has 0 saturated carbocycles. The lowest BCUT2D eigenvalue weighted by Gasteiger charge is -2.18. The van der Waals surface area contributed by atoms with E-state index in [-0.39, 0.29) is 5.75 Å². The molecule has 0 aliphatic carbocycles. The van der Waals surface area contributed by atoms with Crippen molar-refractivity contribution in [2.45, 2.75) is 6.04 Å². The van der Waals surface area contributed by atoms with Gasteiger partial charge >= 0.3 is 0 Å². The minimum atomic E-state index is -0.754. The second-order valence-electron chi connectivity index (χ2n) is 4.42. The summed E-state index contributed by atoms with van der Waals surface area (Å²) in [7, 11) is 1.46. The number of nitrogens with two attached hydrogens (primary N) is 1. The third-order valence-corrected chi connectivity index (χ3v) is 3.45. The van der Waals surface area contributed by atoms with Crippen molar-refractivity contribution in [2.24, 2.45) is 5.73 Å². The maximum Gasteiger partial charge on any atom is 0.244 e. The number of rotatable bonds is 5. The highest BCUT2D eigenvalue weighted by Crippen LogP contribution is 2.30. The molecule has 6 heteroatoms. The SMILES string of the molecule is COc1ccc(C(Nc2cccc(Br)c2)C(N)=O)cc1O. The summed E-state index contributed by atoms with van der Waals surface area (Å²) in [6.07, 6.45) is 0. The van der Waals surface area contributed by atoms with E-state index in [0.29, 0.717) is 11.3 Å². The Hall–Kier alpha value is -2.21. The Morgan fingerprint density at radius 2 is 2.10 bits per heavy atom. The minimum absolute atomic E-state index is 0.0442. The number of primary amides is 1. The highest BCUT2D eigenvalue weighted by Gasteiger charge is 2.19. The number of hydrogen-bond acceptors (Lipinski definition) is 4. The van der Waals surface area contributed by atoms with E-state index in [4.69, 9.17) is 10.5 Å². The van der Waals surface area contributed by atoms with Gasteiger partial charge in [-0.3, -0.25) is 4.79 Å². The lowest BCUT2D eigenvalue weighted by molar-refractivity contribution is -0.118. The van der Waals surface area contributed by atoms with Gasteiger partial charge in [-0.1, -0.05) is 28.1 Å². The minimum Gasteiger partial charge on any atom is -0.504 e. The molecule has 0 radical (unpaired) electrons. The van der Waals surface area contributed by atoms with Crippen molar-refractivity contribution >= 4 is 27.5 Å². The van der Waals surface area contributed by atoms with Gasteiger partial charge < -0.3 is 20.9 Å². The van der Waals surface area contributed by atoms with Gasteiger partial charge in [0.15, 0.2) is 11.5 Å². The lowest BCUT2D eigenvalue weighted by atomic mass is 10.1. The Bertz CT molecular complexity index is 661. The predicted molar refractivity (Wildman–Crippen MR) is 84.4 cm³/mol. The van der Waals surface area contributed by atoms with E-state index >= 15 is 0 Å². The van der Waals surface area contributed by atoms with Crippen LogP contribution < -0.4 is 15.8 Å². The molecule has 1 atom stereocenters.